The first-order chi connectivity index (χ1) is 9.08. The Labute approximate surface area is 118 Å². The van der Waals surface area contributed by atoms with E-state index in [1.54, 1.807) is 12.4 Å². The first-order valence-electron chi connectivity index (χ1n) is 5.43. The van der Waals surface area contributed by atoms with Gasteiger partial charge in [0.25, 0.3) is 5.69 Å². The molecule has 0 unspecified atom stereocenters. The van der Waals surface area contributed by atoms with Crippen LogP contribution in [0.2, 0.25) is 10.0 Å². The molecule has 0 bridgehead atoms. The number of aromatic amines is 1. The van der Waals surface area contributed by atoms with E-state index in [0.717, 1.165) is 5.82 Å². The van der Waals surface area contributed by atoms with Crippen LogP contribution in [0.25, 0.3) is 0 Å². The Bertz CT molecular complexity index is 563. The van der Waals surface area contributed by atoms with Crippen molar-refractivity contribution in [2.45, 2.75) is 6.42 Å². The van der Waals surface area contributed by atoms with Gasteiger partial charge in [-0.1, -0.05) is 23.2 Å². The van der Waals surface area contributed by atoms with Crippen LogP contribution in [0, 0.1) is 10.1 Å². The minimum Gasteiger partial charge on any atom is -0.382 e. The highest BCUT2D eigenvalue weighted by atomic mass is 35.5. The minimum atomic E-state index is -0.537. The highest BCUT2D eigenvalue weighted by Crippen LogP contribution is 2.34. The number of H-pyrrole nitrogens is 1. The maximum Gasteiger partial charge on any atom is 0.272 e. The van der Waals surface area contributed by atoms with Gasteiger partial charge in [0.05, 0.1) is 20.7 Å². The van der Waals surface area contributed by atoms with E-state index in [9.17, 15) is 10.1 Å². The van der Waals surface area contributed by atoms with E-state index >= 15 is 0 Å². The molecule has 6 nitrogen and oxygen atoms in total. The van der Waals surface area contributed by atoms with Gasteiger partial charge in [0, 0.05) is 37.5 Å². The third-order valence-corrected chi connectivity index (χ3v) is 3.05. The Morgan fingerprint density at radius 1 is 1.37 bits per heavy atom. The SMILES string of the molecule is O=[N+]([O-])c1cc(Cl)c(NCCc2ncc[nH]2)c(Cl)c1. The van der Waals surface area contributed by atoms with Gasteiger partial charge in [-0.05, 0) is 0 Å². The Morgan fingerprint density at radius 2 is 2.05 bits per heavy atom. The van der Waals surface area contributed by atoms with Gasteiger partial charge < -0.3 is 10.3 Å². The van der Waals surface area contributed by atoms with Crippen molar-refractivity contribution in [3.63, 3.8) is 0 Å². The number of benzene rings is 1. The lowest BCUT2D eigenvalue weighted by atomic mass is 10.2. The van der Waals surface area contributed by atoms with Crippen LogP contribution < -0.4 is 5.32 Å². The zero-order chi connectivity index (χ0) is 13.8. The van der Waals surface area contributed by atoms with Crippen molar-refractivity contribution in [3.05, 3.63) is 50.5 Å². The lowest BCUT2D eigenvalue weighted by Gasteiger charge is -2.09. The van der Waals surface area contributed by atoms with Crippen molar-refractivity contribution in [2.24, 2.45) is 0 Å². The molecule has 0 saturated heterocycles. The summed E-state index contributed by atoms with van der Waals surface area (Å²) in [7, 11) is 0. The first-order valence-corrected chi connectivity index (χ1v) is 6.19. The third kappa shape index (κ3) is 3.36. The van der Waals surface area contributed by atoms with Gasteiger partial charge in [0.1, 0.15) is 5.82 Å². The number of nitro benzene ring substituents is 1. The first kappa shape index (κ1) is 13.6. The molecule has 0 saturated carbocycles. The Hall–Kier alpha value is -1.79. The van der Waals surface area contributed by atoms with E-state index in [0.29, 0.717) is 18.7 Å². The van der Waals surface area contributed by atoms with Gasteiger partial charge in [0.2, 0.25) is 0 Å². The molecule has 0 atom stereocenters. The standard InChI is InChI=1S/C11H10Cl2N4O2/c12-8-5-7(17(18)19)6-9(13)11(8)16-2-1-10-14-3-4-15-10/h3-6,16H,1-2H2,(H,14,15). The Balaban J connectivity index is 2.06. The van der Waals surface area contributed by atoms with E-state index in [1.165, 1.54) is 12.1 Å². The van der Waals surface area contributed by atoms with Gasteiger partial charge >= 0.3 is 0 Å². The summed E-state index contributed by atoms with van der Waals surface area (Å²) in [6.45, 7) is 0.560. The zero-order valence-corrected chi connectivity index (χ0v) is 11.2. The molecule has 2 N–H and O–H groups in total. The fourth-order valence-corrected chi connectivity index (χ4v) is 2.18. The van der Waals surface area contributed by atoms with Crippen molar-refractivity contribution in [1.82, 2.24) is 9.97 Å². The second-order valence-electron chi connectivity index (χ2n) is 3.75. The molecule has 0 radical (unpaired) electrons. The summed E-state index contributed by atoms with van der Waals surface area (Å²) in [5.74, 6) is 0.835. The molecule has 0 aliphatic carbocycles. The van der Waals surface area contributed by atoms with E-state index < -0.39 is 4.92 Å². The number of hydrogen-bond donors (Lipinski definition) is 2. The molecule has 8 heteroatoms. The Kier molecular flexibility index (Phi) is 4.24. The molecule has 1 aromatic carbocycles. The summed E-state index contributed by atoms with van der Waals surface area (Å²) < 4.78 is 0. The molecular formula is C11H10Cl2N4O2. The van der Waals surface area contributed by atoms with Crippen LogP contribution in [0.5, 0.6) is 0 Å². The highest BCUT2D eigenvalue weighted by molar-refractivity contribution is 6.39. The fraction of sp³-hybridized carbons (Fsp3) is 0.182. The highest BCUT2D eigenvalue weighted by Gasteiger charge is 2.14. The van der Waals surface area contributed by atoms with Crippen LogP contribution in [0.3, 0.4) is 0 Å². The summed E-state index contributed by atoms with van der Waals surface area (Å²) in [6.07, 6.45) is 4.07. The lowest BCUT2D eigenvalue weighted by Crippen LogP contribution is -2.07. The number of hydrogen-bond acceptors (Lipinski definition) is 4. The average Bonchev–Trinajstić information content (AvgIpc) is 2.85. The van der Waals surface area contributed by atoms with Gasteiger partial charge in [-0.25, -0.2) is 4.98 Å². The van der Waals surface area contributed by atoms with Crippen molar-refractivity contribution in [2.75, 3.05) is 11.9 Å². The molecular weight excluding hydrogens is 291 g/mol. The van der Waals surface area contributed by atoms with Gasteiger partial charge in [-0.3, -0.25) is 10.1 Å². The molecule has 1 heterocycles. The average molecular weight is 301 g/mol. The Morgan fingerprint density at radius 3 is 2.58 bits per heavy atom. The van der Waals surface area contributed by atoms with Gasteiger partial charge in [-0.15, -0.1) is 0 Å². The summed E-state index contributed by atoms with van der Waals surface area (Å²) in [6, 6.07) is 2.53. The number of non-ortho nitro benzene ring substituents is 1. The summed E-state index contributed by atoms with van der Waals surface area (Å²) in [5, 5.41) is 14.1. The molecule has 0 amide bonds. The van der Waals surface area contributed by atoms with Crippen LogP contribution in [-0.2, 0) is 6.42 Å². The monoisotopic (exact) mass is 300 g/mol. The second-order valence-corrected chi connectivity index (χ2v) is 4.57. The summed E-state index contributed by atoms with van der Waals surface area (Å²) >= 11 is 11.9. The van der Waals surface area contributed by atoms with Crippen molar-refractivity contribution in [3.8, 4) is 0 Å². The molecule has 100 valence electrons. The molecule has 0 fully saturated rings. The number of nitrogens with one attached hydrogen (secondary N) is 2. The lowest BCUT2D eigenvalue weighted by molar-refractivity contribution is -0.384. The number of aromatic nitrogens is 2. The molecule has 2 aromatic rings. The molecule has 2 rings (SSSR count). The number of anilines is 1. The third-order valence-electron chi connectivity index (χ3n) is 2.46. The fourth-order valence-electron chi connectivity index (χ4n) is 1.57. The number of rotatable bonds is 5. The molecule has 1 aromatic heterocycles. The molecule has 0 aliphatic heterocycles. The second kappa shape index (κ2) is 5.90. The number of nitro groups is 1. The van der Waals surface area contributed by atoms with E-state index in [1.807, 2.05) is 0 Å². The summed E-state index contributed by atoms with van der Waals surface area (Å²) in [5.41, 5.74) is 0.354. The predicted octanol–water partition coefficient (Wildman–Crippen LogP) is 3.28. The van der Waals surface area contributed by atoms with Gasteiger partial charge in [0.15, 0.2) is 0 Å². The number of nitrogens with zero attached hydrogens (tertiary/aromatic N) is 2. The topological polar surface area (TPSA) is 83.8 Å². The maximum atomic E-state index is 10.6. The normalized spacial score (nSPS) is 10.4. The van der Waals surface area contributed by atoms with Crippen LogP contribution >= 0.6 is 23.2 Å². The van der Waals surface area contributed by atoms with E-state index in [4.69, 9.17) is 23.2 Å². The quantitative estimate of drug-likeness (QED) is 0.655. The molecule has 19 heavy (non-hydrogen) atoms. The van der Waals surface area contributed by atoms with Crippen molar-refractivity contribution < 1.29 is 4.92 Å². The van der Waals surface area contributed by atoms with Crippen molar-refractivity contribution in [1.29, 1.82) is 0 Å². The summed E-state index contributed by atoms with van der Waals surface area (Å²) in [4.78, 5) is 17.2. The minimum absolute atomic E-state index is 0.133. The van der Waals surface area contributed by atoms with Crippen LogP contribution in [0.15, 0.2) is 24.5 Å². The molecule has 0 aliphatic rings. The van der Waals surface area contributed by atoms with E-state index in [2.05, 4.69) is 15.3 Å². The van der Waals surface area contributed by atoms with E-state index in [-0.39, 0.29) is 15.7 Å². The van der Waals surface area contributed by atoms with Crippen LogP contribution in [-0.4, -0.2) is 21.4 Å². The molecule has 0 spiro atoms. The number of halogens is 2. The smallest absolute Gasteiger partial charge is 0.272 e. The zero-order valence-electron chi connectivity index (χ0n) is 9.69. The van der Waals surface area contributed by atoms with Crippen molar-refractivity contribution >= 4 is 34.6 Å². The van der Waals surface area contributed by atoms with Gasteiger partial charge in [-0.2, -0.15) is 0 Å². The maximum absolute atomic E-state index is 10.6. The number of imidazole rings is 1. The van der Waals surface area contributed by atoms with Crippen LogP contribution in [0.1, 0.15) is 5.82 Å². The van der Waals surface area contributed by atoms with Crippen LogP contribution in [0.4, 0.5) is 11.4 Å². The largest absolute Gasteiger partial charge is 0.382 e. The predicted molar refractivity (Wildman–Crippen MR) is 73.9 cm³/mol.